The Morgan fingerprint density at radius 1 is 1.33 bits per heavy atom. The average Bonchev–Trinajstić information content (AvgIpc) is 3.03. The van der Waals surface area contributed by atoms with E-state index in [1.165, 1.54) is 0 Å². The van der Waals surface area contributed by atoms with Crippen molar-refractivity contribution in [2.24, 2.45) is 0 Å². The lowest BCUT2D eigenvalue weighted by Crippen LogP contribution is -1.91. The Hall–Kier alpha value is -0.850. The van der Waals surface area contributed by atoms with Gasteiger partial charge in [-0.05, 0) is 35.8 Å². The highest BCUT2D eigenvalue weighted by Crippen LogP contribution is 2.21. The lowest BCUT2D eigenvalue weighted by Gasteiger charge is -1.97. The summed E-state index contributed by atoms with van der Waals surface area (Å²) in [6.45, 7) is 0.279. The lowest BCUT2D eigenvalue weighted by atomic mass is 10.3. The lowest BCUT2D eigenvalue weighted by molar-refractivity contribution is 0.296. The van der Waals surface area contributed by atoms with Gasteiger partial charge in [0, 0.05) is 13.0 Å². The van der Waals surface area contributed by atoms with E-state index in [-0.39, 0.29) is 6.61 Å². The zero-order chi connectivity index (χ0) is 12.6. The first-order valence-electron chi connectivity index (χ1n) is 5.95. The molecule has 2 aromatic heterocycles. The topological polar surface area (TPSA) is 59.2 Å². The fraction of sp³-hybridized carbons (Fsp3) is 0.500. The van der Waals surface area contributed by atoms with E-state index in [1.54, 1.807) is 11.3 Å². The van der Waals surface area contributed by atoms with Crippen molar-refractivity contribution in [3.8, 4) is 10.7 Å². The zero-order valence-electron chi connectivity index (χ0n) is 10.0. The number of aryl methyl sites for hydroxylation is 1. The Bertz CT molecular complexity index is 443. The number of aliphatic hydroxyl groups excluding tert-OH is 1. The molecule has 0 atom stereocenters. The van der Waals surface area contributed by atoms with Crippen LogP contribution >= 0.6 is 23.1 Å². The van der Waals surface area contributed by atoms with Crippen LogP contribution in [0.3, 0.4) is 0 Å². The number of aromatic nitrogens is 2. The van der Waals surface area contributed by atoms with E-state index in [1.807, 2.05) is 29.3 Å². The summed E-state index contributed by atoms with van der Waals surface area (Å²) >= 11 is 3.47. The van der Waals surface area contributed by atoms with Gasteiger partial charge < -0.3 is 9.63 Å². The van der Waals surface area contributed by atoms with Crippen LogP contribution in [0.4, 0.5) is 0 Å². The first-order valence-corrected chi connectivity index (χ1v) is 7.98. The van der Waals surface area contributed by atoms with Gasteiger partial charge in [0.15, 0.2) is 0 Å². The van der Waals surface area contributed by atoms with Gasteiger partial charge in [0.2, 0.25) is 11.7 Å². The van der Waals surface area contributed by atoms with Gasteiger partial charge in [0.05, 0.1) is 4.88 Å². The van der Waals surface area contributed by atoms with Gasteiger partial charge >= 0.3 is 0 Å². The first kappa shape index (κ1) is 13.6. The van der Waals surface area contributed by atoms with Crippen LogP contribution in [0.1, 0.15) is 18.7 Å². The summed E-state index contributed by atoms with van der Waals surface area (Å²) in [6, 6.07) is 3.97. The standard InChI is InChI=1S/C12H16N2O2S2/c15-6-3-8-17-7-2-5-11-13-12(14-16-11)10-4-1-9-18-10/h1,4,9,15H,2-3,5-8H2. The average molecular weight is 284 g/mol. The molecule has 18 heavy (non-hydrogen) atoms. The number of thiophene rings is 1. The van der Waals surface area contributed by atoms with Crippen LogP contribution in [0, 0.1) is 0 Å². The molecule has 0 aliphatic carbocycles. The molecular weight excluding hydrogens is 268 g/mol. The van der Waals surface area contributed by atoms with Crippen molar-refractivity contribution in [2.45, 2.75) is 19.3 Å². The predicted octanol–water partition coefficient (Wildman–Crippen LogP) is 2.85. The van der Waals surface area contributed by atoms with Crippen LogP contribution in [-0.4, -0.2) is 33.4 Å². The van der Waals surface area contributed by atoms with Crippen molar-refractivity contribution in [2.75, 3.05) is 18.1 Å². The van der Waals surface area contributed by atoms with Crippen molar-refractivity contribution in [1.29, 1.82) is 0 Å². The van der Waals surface area contributed by atoms with E-state index < -0.39 is 0 Å². The van der Waals surface area contributed by atoms with E-state index in [0.717, 1.165) is 35.6 Å². The SMILES string of the molecule is OCCCSCCCc1nc(-c2cccs2)no1. The minimum absolute atomic E-state index is 0.279. The molecule has 0 unspecified atom stereocenters. The highest BCUT2D eigenvalue weighted by atomic mass is 32.2. The first-order chi connectivity index (χ1) is 8.90. The van der Waals surface area contributed by atoms with Crippen LogP contribution in [0.2, 0.25) is 0 Å². The van der Waals surface area contributed by atoms with E-state index in [4.69, 9.17) is 9.63 Å². The number of nitrogens with zero attached hydrogens (tertiary/aromatic N) is 2. The maximum absolute atomic E-state index is 8.65. The molecule has 0 fully saturated rings. The Labute approximate surface area is 114 Å². The van der Waals surface area contributed by atoms with Gasteiger partial charge in [0.25, 0.3) is 0 Å². The Balaban J connectivity index is 1.71. The molecule has 6 heteroatoms. The van der Waals surface area contributed by atoms with Crippen molar-refractivity contribution in [3.63, 3.8) is 0 Å². The normalized spacial score (nSPS) is 10.9. The van der Waals surface area contributed by atoms with Gasteiger partial charge in [-0.15, -0.1) is 11.3 Å². The maximum atomic E-state index is 8.65. The predicted molar refractivity (Wildman–Crippen MR) is 75.0 cm³/mol. The molecule has 0 radical (unpaired) electrons. The third kappa shape index (κ3) is 4.12. The monoisotopic (exact) mass is 284 g/mol. The Morgan fingerprint density at radius 2 is 2.22 bits per heavy atom. The second kappa shape index (κ2) is 7.56. The second-order valence-electron chi connectivity index (χ2n) is 3.78. The van der Waals surface area contributed by atoms with Gasteiger partial charge in [-0.3, -0.25) is 0 Å². The molecular formula is C12H16N2O2S2. The Morgan fingerprint density at radius 3 is 3.00 bits per heavy atom. The van der Waals surface area contributed by atoms with Crippen molar-refractivity contribution >= 4 is 23.1 Å². The molecule has 0 saturated carbocycles. The summed E-state index contributed by atoms with van der Waals surface area (Å²) in [6.07, 6.45) is 2.72. The quantitative estimate of drug-likeness (QED) is 0.755. The Kier molecular flexibility index (Phi) is 5.70. The van der Waals surface area contributed by atoms with E-state index in [0.29, 0.717) is 11.7 Å². The molecule has 0 amide bonds. The van der Waals surface area contributed by atoms with Gasteiger partial charge in [-0.25, -0.2) is 0 Å². The summed E-state index contributed by atoms with van der Waals surface area (Å²) in [5.41, 5.74) is 0. The number of hydrogen-bond donors (Lipinski definition) is 1. The van der Waals surface area contributed by atoms with Gasteiger partial charge in [0.1, 0.15) is 0 Å². The maximum Gasteiger partial charge on any atom is 0.227 e. The van der Waals surface area contributed by atoms with Gasteiger partial charge in [-0.1, -0.05) is 11.2 Å². The van der Waals surface area contributed by atoms with Crippen LogP contribution in [-0.2, 0) is 6.42 Å². The fourth-order valence-electron chi connectivity index (χ4n) is 1.46. The second-order valence-corrected chi connectivity index (χ2v) is 5.95. The van der Waals surface area contributed by atoms with Crippen LogP contribution < -0.4 is 0 Å². The van der Waals surface area contributed by atoms with E-state index in [2.05, 4.69) is 10.1 Å². The molecule has 0 aliphatic rings. The molecule has 0 spiro atoms. The smallest absolute Gasteiger partial charge is 0.227 e. The van der Waals surface area contributed by atoms with E-state index >= 15 is 0 Å². The molecule has 0 saturated heterocycles. The van der Waals surface area contributed by atoms with Gasteiger partial charge in [-0.2, -0.15) is 16.7 Å². The van der Waals surface area contributed by atoms with Crippen molar-refractivity contribution < 1.29 is 9.63 Å². The molecule has 4 nitrogen and oxygen atoms in total. The fourth-order valence-corrected chi connectivity index (χ4v) is 2.99. The van der Waals surface area contributed by atoms with Crippen molar-refractivity contribution in [3.05, 3.63) is 23.4 Å². The highest BCUT2D eigenvalue weighted by Gasteiger charge is 2.08. The molecule has 2 heterocycles. The zero-order valence-corrected chi connectivity index (χ0v) is 11.7. The molecule has 98 valence electrons. The molecule has 0 bridgehead atoms. The number of aliphatic hydroxyl groups is 1. The largest absolute Gasteiger partial charge is 0.396 e. The summed E-state index contributed by atoms with van der Waals surface area (Å²) in [5, 5.41) is 14.6. The molecule has 2 aromatic rings. The van der Waals surface area contributed by atoms with Crippen LogP contribution in [0.5, 0.6) is 0 Å². The minimum Gasteiger partial charge on any atom is -0.396 e. The molecule has 0 aliphatic heterocycles. The molecule has 1 N–H and O–H groups in total. The van der Waals surface area contributed by atoms with Crippen LogP contribution in [0.15, 0.2) is 22.0 Å². The minimum atomic E-state index is 0.279. The van der Waals surface area contributed by atoms with E-state index in [9.17, 15) is 0 Å². The number of thioether (sulfide) groups is 1. The summed E-state index contributed by atoms with van der Waals surface area (Å²) in [5.74, 6) is 3.48. The molecule has 0 aromatic carbocycles. The summed E-state index contributed by atoms with van der Waals surface area (Å²) in [4.78, 5) is 5.41. The molecule has 2 rings (SSSR count). The third-order valence-corrected chi connectivity index (χ3v) is 4.36. The highest BCUT2D eigenvalue weighted by molar-refractivity contribution is 7.99. The summed E-state index contributed by atoms with van der Waals surface area (Å²) in [7, 11) is 0. The third-order valence-electron chi connectivity index (χ3n) is 2.34. The number of rotatable bonds is 8. The van der Waals surface area contributed by atoms with Crippen LogP contribution in [0.25, 0.3) is 10.7 Å². The summed E-state index contributed by atoms with van der Waals surface area (Å²) < 4.78 is 5.21. The van der Waals surface area contributed by atoms with Crippen molar-refractivity contribution in [1.82, 2.24) is 10.1 Å². The number of hydrogen-bond acceptors (Lipinski definition) is 6.